The first-order chi connectivity index (χ1) is 11.6. The van der Waals surface area contributed by atoms with Gasteiger partial charge in [0.25, 0.3) is 5.91 Å². The molecule has 0 radical (unpaired) electrons. The van der Waals surface area contributed by atoms with E-state index in [1.54, 1.807) is 23.3 Å². The summed E-state index contributed by atoms with van der Waals surface area (Å²) in [6, 6.07) is 11.5. The van der Waals surface area contributed by atoms with Crippen molar-refractivity contribution in [1.29, 1.82) is 0 Å². The van der Waals surface area contributed by atoms with Crippen molar-refractivity contribution in [3.63, 3.8) is 0 Å². The zero-order valence-electron chi connectivity index (χ0n) is 13.6. The molecule has 6 heteroatoms. The first-order valence-electron chi connectivity index (χ1n) is 7.80. The van der Waals surface area contributed by atoms with Crippen LogP contribution in [0.5, 0.6) is 0 Å². The molecule has 24 heavy (non-hydrogen) atoms. The Morgan fingerprint density at radius 1 is 1.21 bits per heavy atom. The third kappa shape index (κ3) is 3.25. The van der Waals surface area contributed by atoms with Crippen LogP contribution in [0.4, 0.5) is 11.4 Å². The summed E-state index contributed by atoms with van der Waals surface area (Å²) in [4.78, 5) is 17.1. The maximum absolute atomic E-state index is 12.7. The molecule has 0 N–H and O–H groups in total. The van der Waals surface area contributed by atoms with Crippen LogP contribution in [0.3, 0.4) is 0 Å². The zero-order chi connectivity index (χ0) is 17.1. The van der Waals surface area contributed by atoms with Gasteiger partial charge >= 0.3 is 0 Å². The maximum atomic E-state index is 12.7. The second-order valence-corrected chi connectivity index (χ2v) is 6.90. The molecule has 1 aromatic heterocycles. The molecule has 0 aliphatic carbocycles. The van der Waals surface area contributed by atoms with E-state index in [0.717, 1.165) is 24.5 Å². The number of anilines is 2. The quantitative estimate of drug-likeness (QED) is 0.580. The van der Waals surface area contributed by atoms with Gasteiger partial charge in [0.2, 0.25) is 0 Å². The fourth-order valence-electron chi connectivity index (χ4n) is 2.59. The van der Waals surface area contributed by atoms with Crippen molar-refractivity contribution >= 4 is 51.7 Å². The third-order valence-electron chi connectivity index (χ3n) is 3.85. The van der Waals surface area contributed by atoms with Crippen molar-refractivity contribution in [2.24, 2.45) is 0 Å². The molecule has 0 unspecified atom stereocenters. The summed E-state index contributed by atoms with van der Waals surface area (Å²) < 4.78 is 5.81. The summed E-state index contributed by atoms with van der Waals surface area (Å²) in [6.07, 6.45) is 3.31. The molecule has 1 aliphatic heterocycles. The highest BCUT2D eigenvalue weighted by Gasteiger charge is 2.33. The average molecular weight is 358 g/mol. The van der Waals surface area contributed by atoms with E-state index in [1.165, 1.54) is 11.8 Å². The Bertz CT molecular complexity index is 763. The summed E-state index contributed by atoms with van der Waals surface area (Å²) in [5.74, 6) is 0.532. The van der Waals surface area contributed by atoms with E-state index >= 15 is 0 Å². The van der Waals surface area contributed by atoms with Gasteiger partial charge in [-0.05, 0) is 50.2 Å². The minimum atomic E-state index is -0.114. The van der Waals surface area contributed by atoms with Gasteiger partial charge in [-0.3, -0.25) is 9.69 Å². The van der Waals surface area contributed by atoms with Gasteiger partial charge in [0.15, 0.2) is 4.32 Å². The Balaban J connectivity index is 1.84. The number of carbonyl (C=O) groups is 1. The van der Waals surface area contributed by atoms with Gasteiger partial charge in [0.1, 0.15) is 5.76 Å². The molecule has 2 aromatic rings. The number of thiocarbonyl (C=S) groups is 1. The normalized spacial score (nSPS) is 16.2. The Morgan fingerprint density at radius 3 is 2.50 bits per heavy atom. The SMILES string of the molecule is CCN(CC)c1ccc(N2C(=O)/C(=C\c3ccco3)SC2=S)cc1. The van der Waals surface area contributed by atoms with Gasteiger partial charge in [0.05, 0.1) is 16.9 Å². The first-order valence-corrected chi connectivity index (χ1v) is 9.03. The van der Waals surface area contributed by atoms with Gasteiger partial charge in [-0.1, -0.05) is 24.0 Å². The van der Waals surface area contributed by atoms with Crippen LogP contribution >= 0.6 is 24.0 Å². The van der Waals surface area contributed by atoms with Crippen LogP contribution in [0.2, 0.25) is 0 Å². The number of amides is 1. The lowest BCUT2D eigenvalue weighted by Crippen LogP contribution is -2.27. The van der Waals surface area contributed by atoms with E-state index in [0.29, 0.717) is 15.0 Å². The fourth-order valence-corrected chi connectivity index (χ4v) is 3.87. The highest BCUT2D eigenvalue weighted by Crippen LogP contribution is 2.36. The van der Waals surface area contributed by atoms with Gasteiger partial charge in [-0.2, -0.15) is 0 Å². The van der Waals surface area contributed by atoms with Gasteiger partial charge in [-0.15, -0.1) is 0 Å². The number of benzene rings is 1. The third-order valence-corrected chi connectivity index (χ3v) is 5.15. The van der Waals surface area contributed by atoms with Crippen LogP contribution in [0, 0.1) is 0 Å². The fraction of sp³-hybridized carbons (Fsp3) is 0.222. The van der Waals surface area contributed by atoms with Crippen molar-refractivity contribution in [2.75, 3.05) is 22.9 Å². The van der Waals surface area contributed by atoms with E-state index < -0.39 is 0 Å². The van der Waals surface area contributed by atoms with Crippen molar-refractivity contribution in [3.8, 4) is 0 Å². The van der Waals surface area contributed by atoms with E-state index in [1.807, 2.05) is 30.3 Å². The lowest BCUT2D eigenvalue weighted by molar-refractivity contribution is -0.113. The lowest BCUT2D eigenvalue weighted by atomic mass is 10.2. The molecule has 1 aromatic carbocycles. The zero-order valence-corrected chi connectivity index (χ0v) is 15.2. The molecule has 124 valence electrons. The molecule has 2 heterocycles. The van der Waals surface area contributed by atoms with Crippen LogP contribution in [0.15, 0.2) is 52.0 Å². The van der Waals surface area contributed by atoms with Crippen LogP contribution in [0.1, 0.15) is 19.6 Å². The minimum Gasteiger partial charge on any atom is -0.465 e. The Hall–Kier alpha value is -2.05. The van der Waals surface area contributed by atoms with Crippen molar-refractivity contribution in [2.45, 2.75) is 13.8 Å². The topological polar surface area (TPSA) is 36.7 Å². The molecular weight excluding hydrogens is 340 g/mol. The van der Waals surface area contributed by atoms with Crippen LogP contribution in [-0.2, 0) is 4.79 Å². The predicted octanol–water partition coefficient (Wildman–Crippen LogP) is 4.53. The summed E-state index contributed by atoms with van der Waals surface area (Å²) in [6.45, 7) is 6.14. The number of hydrogen-bond donors (Lipinski definition) is 0. The smallest absolute Gasteiger partial charge is 0.270 e. The molecule has 0 spiro atoms. The molecule has 0 bridgehead atoms. The van der Waals surface area contributed by atoms with Gasteiger partial charge in [0, 0.05) is 24.9 Å². The van der Waals surface area contributed by atoms with Gasteiger partial charge in [-0.25, -0.2) is 0 Å². The largest absolute Gasteiger partial charge is 0.465 e. The summed E-state index contributed by atoms with van der Waals surface area (Å²) in [5, 5.41) is 0. The molecule has 1 saturated heterocycles. The summed E-state index contributed by atoms with van der Waals surface area (Å²) in [7, 11) is 0. The average Bonchev–Trinajstić information content (AvgIpc) is 3.19. The highest BCUT2D eigenvalue weighted by molar-refractivity contribution is 8.27. The number of nitrogens with zero attached hydrogens (tertiary/aromatic N) is 2. The molecule has 3 rings (SSSR count). The molecule has 1 amide bonds. The highest BCUT2D eigenvalue weighted by atomic mass is 32.2. The molecule has 0 saturated carbocycles. The Kier molecular flexibility index (Phi) is 5.06. The first kappa shape index (κ1) is 16.8. The predicted molar refractivity (Wildman–Crippen MR) is 104 cm³/mol. The molecule has 0 atom stereocenters. The van der Waals surface area contributed by atoms with Crippen LogP contribution < -0.4 is 9.80 Å². The standard InChI is InChI=1S/C18H18N2O2S2/c1-3-19(4-2)13-7-9-14(10-8-13)20-17(21)16(24-18(20)23)12-15-6-5-11-22-15/h5-12H,3-4H2,1-2H3/b16-12+. The number of hydrogen-bond acceptors (Lipinski definition) is 5. The minimum absolute atomic E-state index is 0.114. The molecular formula is C18H18N2O2S2. The lowest BCUT2D eigenvalue weighted by Gasteiger charge is -2.22. The van der Waals surface area contributed by atoms with Crippen molar-refractivity contribution < 1.29 is 9.21 Å². The van der Waals surface area contributed by atoms with Crippen molar-refractivity contribution in [1.82, 2.24) is 0 Å². The molecule has 1 fully saturated rings. The number of rotatable bonds is 5. The maximum Gasteiger partial charge on any atom is 0.270 e. The summed E-state index contributed by atoms with van der Waals surface area (Å²) >= 11 is 6.68. The van der Waals surface area contributed by atoms with E-state index in [4.69, 9.17) is 16.6 Å². The summed E-state index contributed by atoms with van der Waals surface area (Å²) in [5.41, 5.74) is 1.93. The molecule has 1 aliphatic rings. The number of furan rings is 1. The monoisotopic (exact) mass is 358 g/mol. The Morgan fingerprint density at radius 2 is 1.92 bits per heavy atom. The molecule has 4 nitrogen and oxygen atoms in total. The van der Waals surface area contributed by atoms with E-state index in [-0.39, 0.29) is 5.91 Å². The number of carbonyl (C=O) groups excluding carboxylic acids is 1. The van der Waals surface area contributed by atoms with Crippen molar-refractivity contribution in [3.05, 3.63) is 53.3 Å². The van der Waals surface area contributed by atoms with Crippen LogP contribution in [0.25, 0.3) is 6.08 Å². The second kappa shape index (κ2) is 7.23. The Labute approximate surface area is 151 Å². The second-order valence-electron chi connectivity index (χ2n) is 5.22. The van der Waals surface area contributed by atoms with E-state index in [9.17, 15) is 4.79 Å². The number of thioether (sulfide) groups is 1. The van der Waals surface area contributed by atoms with Crippen LogP contribution in [-0.4, -0.2) is 23.3 Å². The van der Waals surface area contributed by atoms with Gasteiger partial charge < -0.3 is 9.32 Å². The van der Waals surface area contributed by atoms with E-state index in [2.05, 4.69) is 18.7 Å².